The van der Waals surface area contributed by atoms with Crippen LogP contribution >= 0.6 is 12.6 Å². The van der Waals surface area contributed by atoms with Gasteiger partial charge in [0.25, 0.3) is 0 Å². The van der Waals surface area contributed by atoms with E-state index < -0.39 is 0 Å². The molecule has 12 heavy (non-hydrogen) atoms. The minimum absolute atomic E-state index is 0.256. The van der Waals surface area contributed by atoms with Crippen LogP contribution in [0.3, 0.4) is 0 Å². The monoisotopic (exact) mass is 181 g/mol. The first-order valence-corrected chi connectivity index (χ1v) is 4.02. The molecular formula is C9H8FNS. The van der Waals surface area contributed by atoms with Gasteiger partial charge >= 0.3 is 0 Å². The molecule has 1 aromatic carbocycles. The van der Waals surface area contributed by atoms with Crippen molar-refractivity contribution in [2.24, 2.45) is 0 Å². The number of hydrogen-bond donors (Lipinski definition) is 2. The lowest BCUT2D eigenvalue weighted by Gasteiger charge is -1.97. The number of halogens is 1. The van der Waals surface area contributed by atoms with Gasteiger partial charge in [-0.1, -0.05) is 17.9 Å². The fourth-order valence-electron chi connectivity index (χ4n) is 0.801. The summed E-state index contributed by atoms with van der Waals surface area (Å²) in [5, 5.41) is 0. The molecule has 0 aliphatic carbocycles. The van der Waals surface area contributed by atoms with E-state index in [1.807, 2.05) is 0 Å². The molecule has 0 aliphatic heterocycles. The zero-order valence-electron chi connectivity index (χ0n) is 6.34. The van der Waals surface area contributed by atoms with Crippen molar-refractivity contribution in [3.8, 4) is 11.8 Å². The van der Waals surface area contributed by atoms with Gasteiger partial charge in [0.2, 0.25) is 0 Å². The van der Waals surface area contributed by atoms with Crippen molar-refractivity contribution < 1.29 is 4.39 Å². The Morgan fingerprint density at radius 1 is 1.50 bits per heavy atom. The zero-order valence-corrected chi connectivity index (χ0v) is 7.24. The van der Waals surface area contributed by atoms with Crippen LogP contribution in [0.4, 0.5) is 10.1 Å². The topological polar surface area (TPSA) is 26.0 Å². The Morgan fingerprint density at radius 2 is 2.25 bits per heavy atom. The Balaban J connectivity index is 3.13. The third-order valence-corrected chi connectivity index (χ3v) is 1.50. The lowest BCUT2D eigenvalue weighted by atomic mass is 10.2. The van der Waals surface area contributed by atoms with Crippen LogP contribution < -0.4 is 5.73 Å². The van der Waals surface area contributed by atoms with Crippen LogP contribution in [0.25, 0.3) is 0 Å². The van der Waals surface area contributed by atoms with E-state index in [2.05, 4.69) is 24.5 Å². The van der Waals surface area contributed by atoms with E-state index in [-0.39, 0.29) is 11.4 Å². The summed E-state index contributed by atoms with van der Waals surface area (Å²) in [5.74, 6) is 5.26. The Morgan fingerprint density at radius 3 is 2.83 bits per heavy atom. The average Bonchev–Trinajstić information content (AvgIpc) is 2.04. The predicted octanol–water partition coefficient (Wildman–Crippen LogP) is 1.69. The largest absolute Gasteiger partial charge is 0.398 e. The normalized spacial score (nSPS) is 8.83. The quantitative estimate of drug-likeness (QED) is 0.355. The summed E-state index contributed by atoms with van der Waals surface area (Å²) in [6.07, 6.45) is 0. The molecule has 0 atom stereocenters. The van der Waals surface area contributed by atoms with Crippen molar-refractivity contribution in [1.29, 1.82) is 0 Å². The van der Waals surface area contributed by atoms with Crippen molar-refractivity contribution in [3.63, 3.8) is 0 Å². The lowest BCUT2D eigenvalue weighted by Crippen LogP contribution is -1.93. The van der Waals surface area contributed by atoms with Gasteiger partial charge in [0, 0.05) is 0 Å². The van der Waals surface area contributed by atoms with Crippen molar-refractivity contribution in [1.82, 2.24) is 0 Å². The van der Waals surface area contributed by atoms with Crippen molar-refractivity contribution in [2.45, 2.75) is 0 Å². The number of thiol groups is 1. The van der Waals surface area contributed by atoms with E-state index in [4.69, 9.17) is 5.73 Å². The van der Waals surface area contributed by atoms with Crippen LogP contribution in [0.5, 0.6) is 0 Å². The molecule has 0 spiro atoms. The van der Waals surface area contributed by atoms with Crippen LogP contribution in [-0.2, 0) is 0 Å². The summed E-state index contributed by atoms with van der Waals surface area (Å²) in [4.78, 5) is 0. The van der Waals surface area contributed by atoms with Gasteiger partial charge in [-0.25, -0.2) is 4.39 Å². The number of rotatable bonds is 0. The highest BCUT2D eigenvalue weighted by molar-refractivity contribution is 7.80. The van der Waals surface area contributed by atoms with Crippen molar-refractivity contribution >= 4 is 18.3 Å². The molecule has 1 aromatic rings. The second-order valence-electron chi connectivity index (χ2n) is 2.16. The second kappa shape index (κ2) is 4.03. The minimum atomic E-state index is -0.385. The molecule has 62 valence electrons. The number of hydrogen-bond acceptors (Lipinski definition) is 2. The number of nitrogens with two attached hydrogens (primary N) is 1. The van der Waals surface area contributed by atoms with E-state index in [1.54, 1.807) is 12.1 Å². The first kappa shape index (κ1) is 8.95. The van der Waals surface area contributed by atoms with E-state index in [0.29, 0.717) is 11.4 Å². The number of nitrogen functional groups attached to an aromatic ring is 1. The molecule has 0 heterocycles. The van der Waals surface area contributed by atoms with E-state index in [0.717, 1.165) is 0 Å². The van der Waals surface area contributed by atoms with Gasteiger partial charge in [-0.2, -0.15) is 12.6 Å². The maximum Gasteiger partial charge on any atom is 0.140 e. The van der Waals surface area contributed by atoms with Gasteiger partial charge in [-0.3, -0.25) is 0 Å². The van der Waals surface area contributed by atoms with E-state index >= 15 is 0 Å². The Kier molecular flexibility index (Phi) is 3.01. The van der Waals surface area contributed by atoms with Gasteiger partial charge in [0.05, 0.1) is 17.0 Å². The Bertz CT molecular complexity index is 318. The molecule has 0 unspecified atom stereocenters. The van der Waals surface area contributed by atoms with Crippen molar-refractivity contribution in [2.75, 3.05) is 11.5 Å². The van der Waals surface area contributed by atoms with Gasteiger partial charge in [0.1, 0.15) is 5.82 Å². The third kappa shape index (κ3) is 1.93. The maximum absolute atomic E-state index is 13.0. The van der Waals surface area contributed by atoms with Crippen LogP contribution in [-0.4, -0.2) is 5.75 Å². The molecule has 3 heteroatoms. The maximum atomic E-state index is 13.0. The summed E-state index contributed by atoms with van der Waals surface area (Å²) < 4.78 is 13.0. The van der Waals surface area contributed by atoms with Gasteiger partial charge in [0.15, 0.2) is 0 Å². The number of anilines is 1. The van der Waals surface area contributed by atoms with Gasteiger partial charge in [-0.05, 0) is 12.1 Å². The molecule has 1 rings (SSSR count). The summed E-state index contributed by atoms with van der Waals surface area (Å²) in [5.41, 5.74) is 6.12. The molecule has 1 nitrogen and oxygen atoms in total. The van der Waals surface area contributed by atoms with Crippen LogP contribution in [0.1, 0.15) is 5.56 Å². The van der Waals surface area contributed by atoms with Crippen LogP contribution in [0.15, 0.2) is 18.2 Å². The minimum Gasteiger partial charge on any atom is -0.398 e. The Labute approximate surface area is 76.2 Å². The van der Waals surface area contributed by atoms with Crippen LogP contribution in [0.2, 0.25) is 0 Å². The van der Waals surface area contributed by atoms with Crippen molar-refractivity contribution in [3.05, 3.63) is 29.6 Å². The predicted molar refractivity (Wildman–Crippen MR) is 51.5 cm³/mol. The summed E-state index contributed by atoms with van der Waals surface area (Å²) in [6, 6.07) is 4.50. The van der Waals surface area contributed by atoms with Gasteiger partial charge < -0.3 is 5.73 Å². The highest BCUT2D eigenvalue weighted by atomic mass is 32.1. The average molecular weight is 181 g/mol. The fourth-order valence-corrected chi connectivity index (χ4v) is 0.880. The summed E-state index contributed by atoms with van der Waals surface area (Å²) >= 11 is 3.88. The Hall–Kier alpha value is -1.14. The SMILES string of the molecule is Nc1cccc(F)c1C#CCS. The zero-order chi connectivity index (χ0) is 8.97. The molecule has 0 radical (unpaired) electrons. The second-order valence-corrected chi connectivity index (χ2v) is 2.48. The summed E-state index contributed by atoms with van der Waals surface area (Å²) in [7, 11) is 0. The first-order chi connectivity index (χ1) is 5.75. The molecule has 0 saturated heterocycles. The molecule has 0 amide bonds. The molecule has 0 aliphatic rings. The molecule has 0 aromatic heterocycles. The highest BCUT2D eigenvalue weighted by Crippen LogP contribution is 2.13. The summed E-state index contributed by atoms with van der Waals surface area (Å²) in [6.45, 7) is 0. The standard InChI is InChI=1S/C9H8FNS/c10-8-4-1-5-9(11)7(8)3-2-6-12/h1,4-5,12H,6,11H2. The molecule has 0 bridgehead atoms. The van der Waals surface area contributed by atoms with Gasteiger partial charge in [-0.15, -0.1) is 0 Å². The van der Waals surface area contributed by atoms with Crippen LogP contribution in [0, 0.1) is 17.7 Å². The molecular weight excluding hydrogens is 173 g/mol. The smallest absolute Gasteiger partial charge is 0.140 e. The lowest BCUT2D eigenvalue weighted by molar-refractivity contribution is 0.625. The molecule has 2 N–H and O–H groups in total. The third-order valence-electron chi connectivity index (χ3n) is 1.34. The highest BCUT2D eigenvalue weighted by Gasteiger charge is 2.00. The van der Waals surface area contributed by atoms with E-state index in [1.165, 1.54) is 6.07 Å². The first-order valence-electron chi connectivity index (χ1n) is 3.39. The van der Waals surface area contributed by atoms with E-state index in [9.17, 15) is 4.39 Å². The number of benzene rings is 1. The molecule has 0 saturated carbocycles. The fraction of sp³-hybridized carbons (Fsp3) is 0.111. The molecule has 0 fully saturated rings.